The highest BCUT2D eigenvalue weighted by atomic mass is 16.5. The third-order valence-corrected chi connectivity index (χ3v) is 3.81. The molecule has 0 aliphatic rings. The number of hydrogen-bond donors (Lipinski definition) is 4. The molecule has 0 aliphatic carbocycles. The molecule has 0 heterocycles. The van der Waals surface area contributed by atoms with Crippen LogP contribution in [0.4, 0.5) is 0 Å². The molecule has 4 N–H and O–H groups in total. The Labute approximate surface area is 164 Å². The summed E-state index contributed by atoms with van der Waals surface area (Å²) in [5, 5.41) is 23.6. The van der Waals surface area contributed by atoms with Gasteiger partial charge in [0.05, 0.1) is 19.0 Å². The lowest BCUT2D eigenvalue weighted by Gasteiger charge is -2.13. The lowest BCUT2D eigenvalue weighted by atomic mass is 10.0. The third-order valence-electron chi connectivity index (χ3n) is 3.81. The third kappa shape index (κ3) is 6.03. The van der Waals surface area contributed by atoms with Crippen LogP contribution in [-0.2, 0) is 19.2 Å². The molecular weight excluding hydrogens is 384 g/mol. The maximum Gasteiger partial charge on any atom is 0.340 e. The molecule has 2 aromatic carbocycles. The average molecular weight is 402 g/mol. The van der Waals surface area contributed by atoms with E-state index in [2.05, 4.69) is 10.6 Å². The first-order valence-electron chi connectivity index (χ1n) is 8.42. The van der Waals surface area contributed by atoms with Gasteiger partial charge in [0.25, 0.3) is 5.91 Å². The van der Waals surface area contributed by atoms with Gasteiger partial charge in [0, 0.05) is 0 Å². The molecule has 152 valence electrons. The molecule has 10 nitrogen and oxygen atoms in total. The first-order valence-corrected chi connectivity index (χ1v) is 8.42. The Morgan fingerprint density at radius 1 is 1.03 bits per heavy atom. The second kappa shape index (κ2) is 9.83. The highest BCUT2D eigenvalue weighted by Gasteiger charge is 2.18. The molecule has 0 bridgehead atoms. The van der Waals surface area contributed by atoms with E-state index in [1.165, 1.54) is 6.07 Å². The number of carboxylic acids is 2. The van der Waals surface area contributed by atoms with Crippen LogP contribution in [-0.4, -0.2) is 59.4 Å². The van der Waals surface area contributed by atoms with Gasteiger partial charge in [-0.25, -0.2) is 4.79 Å². The minimum Gasteiger partial charge on any atom is -0.483 e. The Bertz CT molecular complexity index is 956. The minimum atomic E-state index is -1.26. The molecule has 0 aliphatic heterocycles. The summed E-state index contributed by atoms with van der Waals surface area (Å²) in [6, 6.07) is 8.70. The molecule has 0 spiro atoms. The number of hydrogen-bond acceptors (Lipinski definition) is 6. The average Bonchev–Trinajstić information content (AvgIpc) is 2.69. The summed E-state index contributed by atoms with van der Waals surface area (Å²) in [7, 11) is 0. The number of ether oxygens (including phenoxy) is 1. The molecule has 0 aromatic heterocycles. The van der Waals surface area contributed by atoms with E-state index in [-0.39, 0.29) is 17.6 Å². The van der Waals surface area contributed by atoms with E-state index >= 15 is 0 Å². The lowest BCUT2D eigenvalue weighted by Crippen LogP contribution is -2.44. The van der Waals surface area contributed by atoms with Crippen molar-refractivity contribution in [2.75, 3.05) is 13.2 Å². The van der Waals surface area contributed by atoms with E-state index in [1.54, 1.807) is 30.3 Å². The van der Waals surface area contributed by atoms with Gasteiger partial charge < -0.3 is 30.4 Å². The van der Waals surface area contributed by atoms with E-state index < -0.39 is 49.4 Å². The number of carbonyl (C=O) groups excluding carboxylic acids is 3. The molecule has 10 heteroatoms. The molecular formula is C19H18N2O8. The lowest BCUT2D eigenvalue weighted by molar-refractivity contribution is -0.139. The van der Waals surface area contributed by atoms with Crippen LogP contribution >= 0.6 is 0 Å². The van der Waals surface area contributed by atoms with Crippen molar-refractivity contribution in [3.05, 3.63) is 42.0 Å². The Hall–Kier alpha value is -3.95. The van der Waals surface area contributed by atoms with Crippen molar-refractivity contribution < 1.29 is 38.9 Å². The van der Waals surface area contributed by atoms with Crippen molar-refractivity contribution >= 4 is 40.8 Å². The topological polar surface area (TPSA) is 159 Å². The summed E-state index contributed by atoms with van der Waals surface area (Å²) >= 11 is 0. The van der Waals surface area contributed by atoms with Crippen LogP contribution in [0.15, 0.2) is 36.4 Å². The molecule has 1 atom stereocenters. The van der Waals surface area contributed by atoms with Crippen molar-refractivity contribution in [3.63, 3.8) is 0 Å². The molecule has 0 fully saturated rings. The number of carboxylic acid groups (broad SMARTS) is 2. The van der Waals surface area contributed by atoms with Gasteiger partial charge in [-0.15, -0.1) is 0 Å². The van der Waals surface area contributed by atoms with Crippen molar-refractivity contribution in [1.82, 2.24) is 10.6 Å². The van der Waals surface area contributed by atoms with Crippen molar-refractivity contribution in [2.24, 2.45) is 0 Å². The fourth-order valence-corrected chi connectivity index (χ4v) is 2.54. The molecule has 0 radical (unpaired) electrons. The number of rotatable bonds is 10. The smallest absolute Gasteiger partial charge is 0.340 e. The Kier molecular flexibility index (Phi) is 7.24. The Morgan fingerprint density at radius 3 is 2.41 bits per heavy atom. The van der Waals surface area contributed by atoms with E-state index in [0.717, 1.165) is 0 Å². The van der Waals surface area contributed by atoms with Crippen molar-refractivity contribution in [1.29, 1.82) is 0 Å². The van der Waals surface area contributed by atoms with Gasteiger partial charge in [0.1, 0.15) is 17.6 Å². The number of amides is 2. The number of nitrogens with one attached hydrogen (secondary N) is 2. The second-order valence-corrected chi connectivity index (χ2v) is 5.94. The predicted molar refractivity (Wildman–Crippen MR) is 99.7 cm³/mol. The van der Waals surface area contributed by atoms with Crippen LogP contribution in [0.25, 0.3) is 10.8 Å². The minimum absolute atomic E-state index is 0.00159. The highest BCUT2D eigenvalue weighted by Crippen LogP contribution is 2.28. The molecule has 2 aromatic rings. The zero-order chi connectivity index (χ0) is 21.4. The van der Waals surface area contributed by atoms with Crippen molar-refractivity contribution in [3.8, 4) is 5.75 Å². The molecule has 0 saturated carbocycles. The molecule has 2 rings (SSSR count). The summed E-state index contributed by atoms with van der Waals surface area (Å²) in [4.78, 5) is 56.4. The molecule has 29 heavy (non-hydrogen) atoms. The molecule has 2 amide bonds. The SMILES string of the molecule is O=C[C@H](CC(=O)O)NC(=O)CNC(=O)COc1ccc2ccccc2c1C(=O)O. The zero-order valence-corrected chi connectivity index (χ0v) is 15.1. The second-order valence-electron chi connectivity index (χ2n) is 5.94. The van der Waals surface area contributed by atoms with Gasteiger partial charge in [-0.2, -0.15) is 0 Å². The Balaban J connectivity index is 1.93. The number of carbonyl (C=O) groups is 5. The first kappa shape index (κ1) is 21.4. The number of benzene rings is 2. The number of aliphatic carboxylic acids is 1. The predicted octanol–water partition coefficient (Wildman–Crippen LogP) is 0.191. The van der Waals surface area contributed by atoms with E-state index in [9.17, 15) is 29.1 Å². The maximum absolute atomic E-state index is 11.9. The Morgan fingerprint density at radius 2 is 1.76 bits per heavy atom. The van der Waals surface area contributed by atoms with Gasteiger partial charge in [0.2, 0.25) is 5.91 Å². The zero-order valence-electron chi connectivity index (χ0n) is 15.1. The van der Waals surface area contributed by atoms with E-state index in [1.807, 2.05) is 0 Å². The van der Waals surface area contributed by atoms with Crippen LogP contribution in [0.3, 0.4) is 0 Å². The van der Waals surface area contributed by atoms with Gasteiger partial charge in [-0.1, -0.05) is 30.3 Å². The largest absolute Gasteiger partial charge is 0.483 e. The fourth-order valence-electron chi connectivity index (χ4n) is 2.54. The normalized spacial score (nSPS) is 11.3. The van der Waals surface area contributed by atoms with Crippen LogP contribution in [0.2, 0.25) is 0 Å². The first-order chi connectivity index (χ1) is 13.8. The van der Waals surface area contributed by atoms with Crippen molar-refractivity contribution in [2.45, 2.75) is 12.5 Å². The highest BCUT2D eigenvalue weighted by molar-refractivity contribution is 6.06. The maximum atomic E-state index is 11.9. The van der Waals surface area contributed by atoms with E-state index in [0.29, 0.717) is 10.8 Å². The molecule has 0 unspecified atom stereocenters. The monoisotopic (exact) mass is 402 g/mol. The number of aldehydes is 1. The standard InChI is InChI=1S/C19H18N2O8/c22-9-12(7-17(25)26)21-15(23)8-20-16(24)10-29-14-6-5-11-3-1-2-4-13(11)18(14)19(27)28/h1-6,9,12H,7-8,10H2,(H,20,24)(H,21,23)(H,25,26)(H,27,28)/t12-/m0/s1. The fraction of sp³-hybridized carbons (Fsp3) is 0.211. The van der Waals surface area contributed by atoms with Gasteiger partial charge in [-0.3, -0.25) is 14.4 Å². The number of fused-ring (bicyclic) bond motifs is 1. The van der Waals surface area contributed by atoms with Crippen LogP contribution in [0.1, 0.15) is 16.8 Å². The van der Waals surface area contributed by atoms with Gasteiger partial charge in [-0.05, 0) is 16.8 Å². The van der Waals surface area contributed by atoms with Crippen LogP contribution in [0.5, 0.6) is 5.75 Å². The quantitative estimate of drug-likeness (QED) is 0.410. The summed E-state index contributed by atoms with van der Waals surface area (Å²) in [5.74, 6) is -3.93. The summed E-state index contributed by atoms with van der Waals surface area (Å²) in [5.41, 5.74) is -0.0869. The summed E-state index contributed by atoms with van der Waals surface area (Å²) < 4.78 is 5.30. The van der Waals surface area contributed by atoms with E-state index in [4.69, 9.17) is 9.84 Å². The van der Waals surface area contributed by atoms with Gasteiger partial charge in [0.15, 0.2) is 6.61 Å². The summed E-state index contributed by atoms with van der Waals surface area (Å²) in [6.45, 7) is -1.05. The van der Waals surface area contributed by atoms with Crippen LogP contribution in [0, 0.1) is 0 Å². The van der Waals surface area contributed by atoms with Crippen LogP contribution < -0.4 is 15.4 Å². The summed E-state index contributed by atoms with van der Waals surface area (Å²) in [6.07, 6.45) is -0.295. The number of aromatic carboxylic acids is 1. The van der Waals surface area contributed by atoms with Gasteiger partial charge >= 0.3 is 11.9 Å². The molecule has 0 saturated heterocycles.